The summed E-state index contributed by atoms with van der Waals surface area (Å²) in [5.74, 6) is 0.208. The number of benzene rings is 1. The molecule has 0 fully saturated rings. The van der Waals surface area contributed by atoms with Gasteiger partial charge in [-0.25, -0.2) is 0 Å². The molecule has 0 bridgehead atoms. The summed E-state index contributed by atoms with van der Waals surface area (Å²) in [6, 6.07) is 8.01. The lowest BCUT2D eigenvalue weighted by Crippen LogP contribution is -2.28. The fraction of sp³-hybridized carbons (Fsp3) is 0.462. The van der Waals surface area contributed by atoms with Crippen molar-refractivity contribution in [3.63, 3.8) is 0 Å². The van der Waals surface area contributed by atoms with Crippen LogP contribution in [0.5, 0.6) is 0 Å². The lowest BCUT2D eigenvalue weighted by molar-refractivity contribution is 0.0964. The van der Waals surface area contributed by atoms with Crippen LogP contribution in [0.25, 0.3) is 0 Å². The number of hydrogen-bond acceptors (Lipinski definition) is 2. The number of ketones is 1. The molecule has 1 rings (SSSR count). The lowest BCUT2D eigenvalue weighted by Gasteiger charge is -2.20. The van der Waals surface area contributed by atoms with Crippen LogP contribution in [-0.4, -0.2) is 30.3 Å². The first-order chi connectivity index (χ1) is 7.50. The predicted octanol–water partition coefficient (Wildman–Crippen LogP) is 3.36. The Balaban J connectivity index is 2.50. The molecule has 0 aliphatic carbocycles. The van der Waals surface area contributed by atoms with Crippen molar-refractivity contribution in [2.75, 3.05) is 13.6 Å². The Hall–Kier alpha value is -0.670. The van der Waals surface area contributed by atoms with Gasteiger partial charge in [0.05, 0.1) is 0 Å². The Morgan fingerprint density at radius 2 is 1.88 bits per heavy atom. The van der Waals surface area contributed by atoms with E-state index in [4.69, 9.17) is 0 Å². The average molecular weight is 284 g/mol. The van der Waals surface area contributed by atoms with E-state index in [-0.39, 0.29) is 5.78 Å². The van der Waals surface area contributed by atoms with Gasteiger partial charge < -0.3 is 4.90 Å². The summed E-state index contributed by atoms with van der Waals surface area (Å²) in [4.78, 5) is 14.0. The molecule has 0 heterocycles. The number of rotatable bonds is 5. The lowest BCUT2D eigenvalue weighted by atomic mass is 10.1. The van der Waals surface area contributed by atoms with E-state index >= 15 is 0 Å². The fourth-order valence-electron chi connectivity index (χ4n) is 1.32. The van der Waals surface area contributed by atoms with E-state index < -0.39 is 0 Å². The molecule has 0 saturated carbocycles. The second-order valence-corrected chi connectivity index (χ2v) is 5.17. The van der Waals surface area contributed by atoms with E-state index in [1.54, 1.807) is 0 Å². The highest BCUT2D eigenvalue weighted by molar-refractivity contribution is 9.10. The number of nitrogens with zero attached hydrogens (tertiary/aromatic N) is 1. The highest BCUT2D eigenvalue weighted by atomic mass is 79.9. The zero-order valence-corrected chi connectivity index (χ0v) is 11.6. The average Bonchev–Trinajstić information content (AvgIpc) is 2.26. The molecule has 0 aliphatic rings. The molecular weight excluding hydrogens is 266 g/mol. The van der Waals surface area contributed by atoms with E-state index in [1.807, 2.05) is 31.3 Å². The highest BCUT2D eigenvalue weighted by Gasteiger charge is 2.08. The molecule has 3 heteroatoms. The van der Waals surface area contributed by atoms with Crippen molar-refractivity contribution in [3.05, 3.63) is 34.3 Å². The van der Waals surface area contributed by atoms with Gasteiger partial charge in [-0.15, -0.1) is 0 Å². The van der Waals surface area contributed by atoms with Gasteiger partial charge in [-0.2, -0.15) is 0 Å². The van der Waals surface area contributed by atoms with Crippen LogP contribution in [0.15, 0.2) is 28.7 Å². The summed E-state index contributed by atoms with van der Waals surface area (Å²) in [6.07, 6.45) is 0.580. The predicted molar refractivity (Wildman–Crippen MR) is 70.9 cm³/mol. The van der Waals surface area contributed by atoms with E-state index in [9.17, 15) is 4.79 Å². The molecule has 0 radical (unpaired) electrons. The number of halogens is 1. The largest absolute Gasteiger partial charge is 0.304 e. The van der Waals surface area contributed by atoms with Crippen LogP contribution in [0.2, 0.25) is 0 Å². The Morgan fingerprint density at radius 3 is 2.38 bits per heavy atom. The van der Waals surface area contributed by atoms with Crippen LogP contribution in [0.1, 0.15) is 30.6 Å². The summed E-state index contributed by atoms with van der Waals surface area (Å²) in [5, 5.41) is 0. The summed E-state index contributed by atoms with van der Waals surface area (Å²) in [5.41, 5.74) is 0.792. The third-order valence-electron chi connectivity index (χ3n) is 2.74. The molecule has 0 aliphatic heterocycles. The molecule has 0 atom stereocenters. The van der Waals surface area contributed by atoms with Crippen molar-refractivity contribution in [1.82, 2.24) is 4.90 Å². The molecule has 88 valence electrons. The number of hydrogen-bond donors (Lipinski definition) is 0. The minimum absolute atomic E-state index is 0.208. The summed E-state index contributed by atoms with van der Waals surface area (Å²) in [6.45, 7) is 5.07. The van der Waals surface area contributed by atoms with Crippen molar-refractivity contribution in [3.8, 4) is 0 Å². The maximum absolute atomic E-state index is 11.8. The second kappa shape index (κ2) is 6.16. The highest BCUT2D eigenvalue weighted by Crippen LogP contribution is 2.12. The van der Waals surface area contributed by atoms with Crippen LogP contribution in [0.4, 0.5) is 0 Å². The Morgan fingerprint density at radius 1 is 1.31 bits per heavy atom. The van der Waals surface area contributed by atoms with Crippen molar-refractivity contribution in [2.24, 2.45) is 0 Å². The van der Waals surface area contributed by atoms with Crippen molar-refractivity contribution in [1.29, 1.82) is 0 Å². The molecule has 0 amide bonds. The Kier molecular flexibility index (Phi) is 5.16. The maximum atomic E-state index is 11.8. The van der Waals surface area contributed by atoms with Crippen LogP contribution >= 0.6 is 15.9 Å². The normalized spacial score (nSPS) is 11.1. The third-order valence-corrected chi connectivity index (χ3v) is 3.27. The number of carbonyl (C=O) groups excluding carboxylic acids is 1. The quantitative estimate of drug-likeness (QED) is 0.773. The van der Waals surface area contributed by atoms with Crippen LogP contribution < -0.4 is 0 Å². The molecule has 0 N–H and O–H groups in total. The summed E-state index contributed by atoms with van der Waals surface area (Å²) >= 11 is 3.36. The van der Waals surface area contributed by atoms with Gasteiger partial charge in [-0.3, -0.25) is 4.79 Å². The van der Waals surface area contributed by atoms with Gasteiger partial charge in [0.25, 0.3) is 0 Å². The van der Waals surface area contributed by atoms with Gasteiger partial charge >= 0.3 is 0 Å². The van der Waals surface area contributed by atoms with Gasteiger partial charge in [-0.05, 0) is 33.0 Å². The molecule has 1 aromatic carbocycles. The molecule has 0 saturated heterocycles. The molecule has 0 spiro atoms. The van der Waals surface area contributed by atoms with E-state index in [0.717, 1.165) is 16.6 Å². The fourth-order valence-corrected chi connectivity index (χ4v) is 1.58. The maximum Gasteiger partial charge on any atom is 0.164 e. The summed E-state index contributed by atoms with van der Waals surface area (Å²) < 4.78 is 1.00. The molecular formula is C13H18BrNO. The minimum atomic E-state index is 0.208. The van der Waals surface area contributed by atoms with Gasteiger partial charge in [0.2, 0.25) is 0 Å². The van der Waals surface area contributed by atoms with Crippen molar-refractivity contribution >= 4 is 21.7 Å². The molecule has 0 unspecified atom stereocenters. The molecule has 16 heavy (non-hydrogen) atoms. The van der Waals surface area contributed by atoms with Gasteiger partial charge in [-0.1, -0.05) is 28.1 Å². The Labute approximate surface area is 106 Å². The van der Waals surface area contributed by atoms with Gasteiger partial charge in [0.1, 0.15) is 0 Å². The zero-order chi connectivity index (χ0) is 12.1. The summed E-state index contributed by atoms with van der Waals surface area (Å²) in [7, 11) is 2.04. The molecule has 1 aromatic rings. The van der Waals surface area contributed by atoms with E-state index in [0.29, 0.717) is 12.5 Å². The Bertz CT molecular complexity index is 345. The molecule has 2 nitrogen and oxygen atoms in total. The minimum Gasteiger partial charge on any atom is -0.304 e. The van der Waals surface area contributed by atoms with Crippen LogP contribution in [0.3, 0.4) is 0 Å². The van der Waals surface area contributed by atoms with Gasteiger partial charge in [0, 0.05) is 29.0 Å². The van der Waals surface area contributed by atoms with E-state index in [2.05, 4.69) is 34.7 Å². The topological polar surface area (TPSA) is 20.3 Å². The van der Waals surface area contributed by atoms with Crippen LogP contribution in [0, 0.1) is 0 Å². The third kappa shape index (κ3) is 4.06. The standard InChI is InChI=1S/C13H18BrNO/c1-10(2)15(3)9-8-13(16)11-4-6-12(14)7-5-11/h4-7,10H,8-9H2,1-3H3. The number of carbonyl (C=O) groups is 1. The van der Waals surface area contributed by atoms with Crippen molar-refractivity contribution in [2.45, 2.75) is 26.3 Å². The first-order valence-electron chi connectivity index (χ1n) is 5.49. The van der Waals surface area contributed by atoms with E-state index in [1.165, 1.54) is 0 Å². The first kappa shape index (κ1) is 13.4. The van der Waals surface area contributed by atoms with Crippen molar-refractivity contribution < 1.29 is 4.79 Å². The smallest absolute Gasteiger partial charge is 0.164 e. The molecule has 0 aromatic heterocycles. The van der Waals surface area contributed by atoms with Crippen LogP contribution in [-0.2, 0) is 0 Å². The number of Topliss-reactive ketones (excluding diaryl/α,β-unsaturated/α-hetero) is 1. The second-order valence-electron chi connectivity index (χ2n) is 4.25. The zero-order valence-electron chi connectivity index (χ0n) is 10.0. The van der Waals surface area contributed by atoms with Gasteiger partial charge in [0.15, 0.2) is 5.78 Å². The first-order valence-corrected chi connectivity index (χ1v) is 6.29. The SMILES string of the molecule is CC(C)N(C)CCC(=O)c1ccc(Br)cc1. The monoisotopic (exact) mass is 283 g/mol.